The number of esters is 1. The number of hydrogen-bond acceptors (Lipinski definition) is 5. The fourth-order valence-corrected chi connectivity index (χ4v) is 2.34. The van der Waals surface area contributed by atoms with Crippen LogP contribution in [0.1, 0.15) is 26.3 Å². The Morgan fingerprint density at radius 2 is 1.65 bits per heavy atom. The van der Waals surface area contributed by atoms with E-state index < -0.39 is 11.4 Å². The Morgan fingerprint density at radius 1 is 1.04 bits per heavy atom. The van der Waals surface area contributed by atoms with Gasteiger partial charge in [-0.15, -0.1) is 0 Å². The Morgan fingerprint density at radius 3 is 2.17 bits per heavy atom. The Hall–Kier alpha value is -2.43. The first-order valence-electron chi connectivity index (χ1n) is 7.30. The minimum absolute atomic E-state index is 0.0343. The summed E-state index contributed by atoms with van der Waals surface area (Å²) in [6, 6.07) is 5.47. The molecule has 0 aliphatic heterocycles. The van der Waals surface area contributed by atoms with Gasteiger partial charge in [-0.25, -0.2) is 0 Å². The SMILES string of the molecule is COc1c(OC)c(O)c2c(C)cccc2c1OC(=O)C(C)(C)C. The highest BCUT2D eigenvalue weighted by atomic mass is 16.6. The molecular weight excluding hydrogens is 296 g/mol. The van der Waals surface area contributed by atoms with E-state index >= 15 is 0 Å². The summed E-state index contributed by atoms with van der Waals surface area (Å²) >= 11 is 0. The third kappa shape index (κ3) is 2.91. The number of ether oxygens (including phenoxy) is 3. The van der Waals surface area contributed by atoms with Gasteiger partial charge in [0, 0.05) is 10.8 Å². The van der Waals surface area contributed by atoms with Crippen molar-refractivity contribution in [1.29, 1.82) is 0 Å². The molecule has 0 fully saturated rings. The molecule has 5 nitrogen and oxygen atoms in total. The van der Waals surface area contributed by atoms with E-state index in [0.717, 1.165) is 5.56 Å². The molecule has 0 unspecified atom stereocenters. The number of hydrogen-bond donors (Lipinski definition) is 1. The number of aryl methyl sites for hydroxylation is 1. The largest absolute Gasteiger partial charge is 0.504 e. The molecule has 5 heteroatoms. The lowest BCUT2D eigenvalue weighted by Crippen LogP contribution is -2.25. The van der Waals surface area contributed by atoms with Gasteiger partial charge in [-0.05, 0) is 33.3 Å². The maximum absolute atomic E-state index is 12.3. The van der Waals surface area contributed by atoms with Gasteiger partial charge in [0.2, 0.25) is 11.5 Å². The first-order valence-corrected chi connectivity index (χ1v) is 7.30. The molecule has 0 spiro atoms. The normalized spacial score (nSPS) is 11.4. The van der Waals surface area contributed by atoms with Crippen LogP contribution in [0.4, 0.5) is 0 Å². The fraction of sp³-hybridized carbons (Fsp3) is 0.389. The summed E-state index contributed by atoms with van der Waals surface area (Å²) in [6.45, 7) is 7.18. The number of rotatable bonds is 3. The van der Waals surface area contributed by atoms with Crippen molar-refractivity contribution in [1.82, 2.24) is 0 Å². The quantitative estimate of drug-likeness (QED) is 0.688. The highest BCUT2D eigenvalue weighted by molar-refractivity contribution is 6.01. The maximum Gasteiger partial charge on any atom is 0.316 e. The number of fused-ring (bicyclic) bond motifs is 1. The van der Waals surface area contributed by atoms with E-state index in [9.17, 15) is 9.90 Å². The van der Waals surface area contributed by atoms with E-state index in [1.807, 2.05) is 19.1 Å². The lowest BCUT2D eigenvalue weighted by molar-refractivity contribution is -0.143. The van der Waals surface area contributed by atoms with Crippen LogP contribution in [-0.2, 0) is 4.79 Å². The minimum atomic E-state index is -0.674. The van der Waals surface area contributed by atoms with Crippen molar-refractivity contribution in [3.63, 3.8) is 0 Å². The number of methoxy groups -OCH3 is 2. The smallest absolute Gasteiger partial charge is 0.316 e. The monoisotopic (exact) mass is 318 g/mol. The molecule has 0 aliphatic carbocycles. The van der Waals surface area contributed by atoms with Gasteiger partial charge in [-0.2, -0.15) is 0 Å². The minimum Gasteiger partial charge on any atom is -0.504 e. The Balaban J connectivity index is 2.83. The van der Waals surface area contributed by atoms with Crippen molar-refractivity contribution >= 4 is 16.7 Å². The van der Waals surface area contributed by atoms with Crippen LogP contribution in [-0.4, -0.2) is 25.3 Å². The zero-order chi connectivity index (χ0) is 17.4. The van der Waals surface area contributed by atoms with Gasteiger partial charge in [0.25, 0.3) is 0 Å². The molecule has 0 aliphatic rings. The van der Waals surface area contributed by atoms with Gasteiger partial charge in [-0.1, -0.05) is 18.2 Å². The van der Waals surface area contributed by atoms with E-state index in [2.05, 4.69) is 0 Å². The third-order valence-corrected chi connectivity index (χ3v) is 3.60. The summed E-state index contributed by atoms with van der Waals surface area (Å²) in [5.41, 5.74) is 0.167. The van der Waals surface area contributed by atoms with E-state index in [0.29, 0.717) is 10.8 Å². The van der Waals surface area contributed by atoms with E-state index in [-0.39, 0.29) is 23.0 Å². The van der Waals surface area contributed by atoms with Crippen LogP contribution >= 0.6 is 0 Å². The first-order chi connectivity index (χ1) is 10.7. The van der Waals surface area contributed by atoms with Crippen LogP contribution in [0.3, 0.4) is 0 Å². The fourth-order valence-electron chi connectivity index (χ4n) is 2.34. The van der Waals surface area contributed by atoms with E-state index in [1.165, 1.54) is 14.2 Å². The predicted molar refractivity (Wildman–Crippen MR) is 88.5 cm³/mol. The second-order valence-corrected chi connectivity index (χ2v) is 6.38. The summed E-state index contributed by atoms with van der Waals surface area (Å²) in [4.78, 5) is 12.3. The number of phenols is 1. The van der Waals surface area contributed by atoms with Crippen LogP contribution in [0.2, 0.25) is 0 Å². The first kappa shape index (κ1) is 16.9. The van der Waals surface area contributed by atoms with Gasteiger partial charge in [-0.3, -0.25) is 4.79 Å². The average molecular weight is 318 g/mol. The van der Waals surface area contributed by atoms with Crippen molar-refractivity contribution < 1.29 is 24.1 Å². The zero-order valence-corrected chi connectivity index (χ0v) is 14.3. The molecule has 0 heterocycles. The standard InChI is InChI=1S/C18H22O5/c1-10-8-7-9-11-12(10)13(19)15(21-5)16(22-6)14(11)23-17(20)18(2,3)4/h7-9,19H,1-6H3. The Kier molecular flexibility index (Phi) is 4.41. The number of phenolic OH excluding ortho intramolecular Hbond substituents is 1. The van der Waals surface area contributed by atoms with Gasteiger partial charge >= 0.3 is 5.97 Å². The van der Waals surface area contributed by atoms with Gasteiger partial charge in [0.1, 0.15) is 0 Å². The molecule has 0 saturated carbocycles. The zero-order valence-electron chi connectivity index (χ0n) is 14.3. The molecule has 23 heavy (non-hydrogen) atoms. The van der Waals surface area contributed by atoms with Crippen molar-refractivity contribution in [3.8, 4) is 23.0 Å². The number of carbonyl (C=O) groups is 1. The van der Waals surface area contributed by atoms with Crippen molar-refractivity contribution in [2.45, 2.75) is 27.7 Å². The van der Waals surface area contributed by atoms with E-state index in [4.69, 9.17) is 14.2 Å². The predicted octanol–water partition coefficient (Wildman–Crippen LogP) is 3.82. The topological polar surface area (TPSA) is 65.0 Å². The Bertz CT molecular complexity index is 756. The molecule has 0 amide bonds. The van der Waals surface area contributed by atoms with Crippen molar-refractivity contribution in [2.75, 3.05) is 14.2 Å². The summed E-state index contributed by atoms with van der Waals surface area (Å²) in [7, 11) is 2.87. The second kappa shape index (κ2) is 5.99. The molecule has 0 aromatic heterocycles. The molecule has 2 rings (SSSR count). The molecule has 0 atom stereocenters. The second-order valence-electron chi connectivity index (χ2n) is 6.38. The van der Waals surface area contributed by atoms with Crippen LogP contribution in [0.25, 0.3) is 10.8 Å². The van der Waals surface area contributed by atoms with Gasteiger partial charge < -0.3 is 19.3 Å². The summed E-state index contributed by atoms with van der Waals surface area (Å²) in [6.07, 6.45) is 0. The summed E-state index contributed by atoms with van der Waals surface area (Å²) < 4.78 is 16.2. The molecule has 0 radical (unpaired) electrons. The number of carbonyl (C=O) groups excluding carboxylic acids is 1. The maximum atomic E-state index is 12.3. The average Bonchev–Trinajstić information content (AvgIpc) is 2.48. The third-order valence-electron chi connectivity index (χ3n) is 3.60. The molecule has 2 aromatic carbocycles. The van der Waals surface area contributed by atoms with Gasteiger partial charge in [0.05, 0.1) is 19.6 Å². The molecule has 2 aromatic rings. The lowest BCUT2D eigenvalue weighted by atomic mass is 9.97. The number of benzene rings is 2. The van der Waals surface area contributed by atoms with Gasteiger partial charge in [0.15, 0.2) is 11.5 Å². The highest BCUT2D eigenvalue weighted by Crippen LogP contribution is 2.51. The summed E-state index contributed by atoms with van der Waals surface area (Å²) in [5.74, 6) is 0.159. The molecule has 0 bridgehead atoms. The van der Waals surface area contributed by atoms with Crippen LogP contribution in [0.5, 0.6) is 23.0 Å². The summed E-state index contributed by atoms with van der Waals surface area (Å²) in [5, 5.41) is 11.7. The lowest BCUT2D eigenvalue weighted by Gasteiger charge is -2.21. The highest BCUT2D eigenvalue weighted by Gasteiger charge is 2.29. The van der Waals surface area contributed by atoms with Crippen LogP contribution in [0, 0.1) is 12.3 Å². The van der Waals surface area contributed by atoms with Crippen LogP contribution < -0.4 is 14.2 Å². The van der Waals surface area contributed by atoms with Crippen LogP contribution in [0.15, 0.2) is 18.2 Å². The molecule has 124 valence electrons. The Labute approximate surface area is 135 Å². The molecular formula is C18H22O5. The van der Waals surface area contributed by atoms with Crippen molar-refractivity contribution in [3.05, 3.63) is 23.8 Å². The number of aromatic hydroxyl groups is 1. The van der Waals surface area contributed by atoms with E-state index in [1.54, 1.807) is 26.8 Å². The van der Waals surface area contributed by atoms with Crippen molar-refractivity contribution in [2.24, 2.45) is 5.41 Å². The molecule has 0 saturated heterocycles. The molecule has 1 N–H and O–H groups in total.